The molecule has 20 heavy (non-hydrogen) atoms. The van der Waals surface area contributed by atoms with Gasteiger partial charge in [-0.1, -0.05) is 0 Å². The Bertz CT molecular complexity index is 592. The van der Waals surface area contributed by atoms with Crippen molar-refractivity contribution in [2.24, 2.45) is 12.9 Å². The monoisotopic (exact) mass is 293 g/mol. The summed E-state index contributed by atoms with van der Waals surface area (Å²) in [6.07, 6.45) is 3.80. The molecule has 1 saturated heterocycles. The van der Waals surface area contributed by atoms with E-state index < -0.39 is 0 Å². The van der Waals surface area contributed by atoms with E-state index in [0.29, 0.717) is 22.2 Å². The molecule has 1 aliphatic rings. The molecule has 3 rings (SSSR count). The van der Waals surface area contributed by atoms with Gasteiger partial charge in [0.05, 0.1) is 0 Å². The predicted molar refractivity (Wildman–Crippen MR) is 74.2 cm³/mol. The number of nitrogens with one attached hydrogen (secondary N) is 1. The first-order valence-corrected chi connectivity index (χ1v) is 7.07. The zero-order valence-electron chi connectivity index (χ0n) is 11.0. The van der Waals surface area contributed by atoms with Crippen LogP contribution in [0.3, 0.4) is 0 Å². The zero-order valence-corrected chi connectivity index (χ0v) is 11.8. The Hall–Kier alpha value is -1.94. The van der Waals surface area contributed by atoms with Crippen LogP contribution < -0.4 is 16.2 Å². The highest BCUT2D eigenvalue weighted by Gasteiger charge is 2.18. The summed E-state index contributed by atoms with van der Waals surface area (Å²) in [4.78, 5) is 19.3. The number of hydrogen-bond donors (Lipinski definition) is 2. The molecule has 2 aromatic rings. The fourth-order valence-electron chi connectivity index (χ4n) is 1.97. The number of nitrogens with zero attached hydrogens (tertiary/aromatic N) is 7. The average molecular weight is 293 g/mol. The third-order valence-electron chi connectivity index (χ3n) is 2.97. The number of nitrogens with two attached hydrogens (primary N) is 1. The molecule has 9 nitrogen and oxygen atoms in total. The Kier molecular flexibility index (Phi) is 3.65. The molecule has 0 bridgehead atoms. The van der Waals surface area contributed by atoms with Crippen molar-refractivity contribution in [1.82, 2.24) is 29.7 Å². The Balaban J connectivity index is 1.89. The average Bonchev–Trinajstić information content (AvgIpc) is 3.11. The number of rotatable bonds is 4. The van der Waals surface area contributed by atoms with Gasteiger partial charge in [0.1, 0.15) is 6.33 Å². The lowest BCUT2D eigenvalue weighted by molar-refractivity contribution is 0.683. The van der Waals surface area contributed by atoms with E-state index in [1.807, 2.05) is 7.05 Å². The number of hydrazine groups is 1. The molecule has 3 heterocycles. The van der Waals surface area contributed by atoms with Crippen molar-refractivity contribution in [1.29, 1.82) is 0 Å². The highest BCUT2D eigenvalue weighted by atomic mass is 32.2. The summed E-state index contributed by atoms with van der Waals surface area (Å²) in [5.74, 6) is 6.43. The second-order valence-electron chi connectivity index (χ2n) is 4.35. The second kappa shape index (κ2) is 5.59. The highest BCUT2D eigenvalue weighted by molar-refractivity contribution is 7.99. The Morgan fingerprint density at radius 3 is 2.70 bits per heavy atom. The zero-order chi connectivity index (χ0) is 13.9. The van der Waals surface area contributed by atoms with Gasteiger partial charge in [-0.15, -0.1) is 0 Å². The van der Waals surface area contributed by atoms with E-state index in [9.17, 15) is 0 Å². The third kappa shape index (κ3) is 2.65. The summed E-state index contributed by atoms with van der Waals surface area (Å²) >= 11 is 1.33. The normalized spacial score (nSPS) is 14.8. The second-order valence-corrected chi connectivity index (χ2v) is 5.28. The van der Waals surface area contributed by atoms with Crippen molar-refractivity contribution in [3.63, 3.8) is 0 Å². The SMILES string of the molecule is Cn1ncnc1Sc1nc(NN)nc(N2CCCC2)n1. The first-order chi connectivity index (χ1) is 9.76. The molecule has 0 aromatic carbocycles. The number of aryl methyl sites for hydroxylation is 1. The van der Waals surface area contributed by atoms with Crippen LogP contribution in [0, 0.1) is 0 Å². The van der Waals surface area contributed by atoms with Crippen molar-refractivity contribution in [3.05, 3.63) is 6.33 Å². The van der Waals surface area contributed by atoms with Crippen molar-refractivity contribution in [2.75, 3.05) is 23.4 Å². The molecule has 0 amide bonds. The molecule has 1 aliphatic heterocycles. The summed E-state index contributed by atoms with van der Waals surface area (Å²) in [7, 11) is 1.82. The van der Waals surface area contributed by atoms with Crippen LogP contribution in [0.15, 0.2) is 16.6 Å². The van der Waals surface area contributed by atoms with Crippen LogP contribution in [-0.2, 0) is 7.05 Å². The van der Waals surface area contributed by atoms with Gasteiger partial charge in [0, 0.05) is 20.1 Å². The standard InChI is InChI=1S/C10H15N9S/c1-18-10(12-6-13-18)20-9-15-7(17-11)14-8(16-9)19-4-2-3-5-19/h6H,2-5,11H2,1H3,(H,14,15,16,17). The summed E-state index contributed by atoms with van der Waals surface area (Å²) in [6, 6.07) is 0. The Morgan fingerprint density at radius 1 is 1.25 bits per heavy atom. The van der Waals surface area contributed by atoms with Gasteiger partial charge in [-0.3, -0.25) is 5.43 Å². The molecule has 0 saturated carbocycles. The van der Waals surface area contributed by atoms with Gasteiger partial charge in [0.15, 0.2) is 5.16 Å². The molecule has 10 heteroatoms. The van der Waals surface area contributed by atoms with E-state index in [1.54, 1.807) is 4.68 Å². The number of nitrogen functional groups attached to an aromatic ring is 1. The minimum Gasteiger partial charge on any atom is -0.341 e. The first kappa shape index (κ1) is 13.1. The summed E-state index contributed by atoms with van der Waals surface area (Å²) in [5.41, 5.74) is 2.48. The summed E-state index contributed by atoms with van der Waals surface area (Å²) < 4.78 is 1.67. The maximum atomic E-state index is 5.43. The molecule has 0 radical (unpaired) electrons. The van der Waals surface area contributed by atoms with E-state index >= 15 is 0 Å². The molecule has 106 valence electrons. The first-order valence-electron chi connectivity index (χ1n) is 6.26. The Morgan fingerprint density at radius 2 is 2.05 bits per heavy atom. The van der Waals surface area contributed by atoms with E-state index in [2.05, 4.69) is 35.4 Å². The minimum atomic E-state index is 0.353. The molecule has 0 aliphatic carbocycles. The van der Waals surface area contributed by atoms with Crippen molar-refractivity contribution in [2.45, 2.75) is 23.2 Å². The van der Waals surface area contributed by atoms with E-state index in [1.165, 1.54) is 18.1 Å². The maximum absolute atomic E-state index is 5.43. The minimum absolute atomic E-state index is 0.353. The quantitative estimate of drug-likeness (QED) is 0.596. The smallest absolute Gasteiger partial charge is 0.242 e. The number of hydrogen-bond acceptors (Lipinski definition) is 9. The van der Waals surface area contributed by atoms with Crippen LogP contribution >= 0.6 is 11.8 Å². The fourth-order valence-corrected chi connectivity index (χ4v) is 2.68. The number of aromatic nitrogens is 6. The van der Waals surface area contributed by atoms with Gasteiger partial charge in [-0.2, -0.15) is 20.1 Å². The molecule has 1 fully saturated rings. The van der Waals surface area contributed by atoms with Gasteiger partial charge >= 0.3 is 0 Å². The predicted octanol–water partition coefficient (Wildman–Crippen LogP) is 0.0371. The van der Waals surface area contributed by atoms with Gasteiger partial charge in [0.25, 0.3) is 0 Å². The van der Waals surface area contributed by atoms with Crippen molar-refractivity contribution in [3.8, 4) is 0 Å². The molecular formula is C10H15N9S. The highest BCUT2D eigenvalue weighted by Crippen LogP contribution is 2.25. The van der Waals surface area contributed by atoms with Gasteiger partial charge in [0.2, 0.25) is 17.1 Å². The van der Waals surface area contributed by atoms with E-state index in [-0.39, 0.29) is 0 Å². The van der Waals surface area contributed by atoms with Gasteiger partial charge < -0.3 is 4.90 Å². The molecule has 0 unspecified atom stereocenters. The lowest BCUT2D eigenvalue weighted by atomic mass is 10.4. The summed E-state index contributed by atoms with van der Waals surface area (Å²) in [6.45, 7) is 1.92. The largest absolute Gasteiger partial charge is 0.341 e. The van der Waals surface area contributed by atoms with Crippen molar-refractivity contribution < 1.29 is 0 Å². The molecular weight excluding hydrogens is 278 g/mol. The lowest BCUT2D eigenvalue weighted by Crippen LogP contribution is -2.22. The van der Waals surface area contributed by atoms with Crippen LogP contribution in [0.1, 0.15) is 12.8 Å². The van der Waals surface area contributed by atoms with Crippen LogP contribution in [0.2, 0.25) is 0 Å². The topological polar surface area (TPSA) is 111 Å². The molecule has 3 N–H and O–H groups in total. The van der Waals surface area contributed by atoms with Crippen LogP contribution in [0.25, 0.3) is 0 Å². The van der Waals surface area contributed by atoms with Gasteiger partial charge in [-0.05, 0) is 24.6 Å². The molecule has 0 atom stereocenters. The summed E-state index contributed by atoms with van der Waals surface area (Å²) in [5, 5.41) is 5.28. The molecule has 0 spiro atoms. The van der Waals surface area contributed by atoms with Gasteiger partial charge in [-0.25, -0.2) is 15.5 Å². The van der Waals surface area contributed by atoms with Crippen LogP contribution in [0.5, 0.6) is 0 Å². The van der Waals surface area contributed by atoms with Crippen LogP contribution in [-0.4, -0.2) is 42.8 Å². The van der Waals surface area contributed by atoms with E-state index in [4.69, 9.17) is 5.84 Å². The van der Waals surface area contributed by atoms with Crippen LogP contribution in [0.4, 0.5) is 11.9 Å². The fraction of sp³-hybridized carbons (Fsp3) is 0.500. The van der Waals surface area contributed by atoms with Crippen molar-refractivity contribution >= 4 is 23.7 Å². The number of anilines is 2. The maximum Gasteiger partial charge on any atom is 0.242 e. The van der Waals surface area contributed by atoms with E-state index in [0.717, 1.165) is 25.9 Å². The molecule has 2 aromatic heterocycles. The Labute approximate surface area is 120 Å². The third-order valence-corrected chi connectivity index (χ3v) is 3.89. The lowest BCUT2D eigenvalue weighted by Gasteiger charge is -2.15.